The average Bonchev–Trinajstić information content (AvgIpc) is 3.41. The number of piperidine rings is 1. The zero-order valence-corrected chi connectivity index (χ0v) is 25.0. The Kier molecular flexibility index (Phi) is 9.85. The number of hydrogen-bond acceptors (Lipinski definition) is 12. The molecule has 1 unspecified atom stereocenters. The number of nitrogens with one attached hydrogen (secondary N) is 4. The van der Waals surface area contributed by atoms with E-state index in [9.17, 15) is 15.3 Å². The number of amides is 1. The summed E-state index contributed by atoms with van der Waals surface area (Å²) in [6.07, 6.45) is 1.59. The normalized spacial score (nSPS) is 17.4. The van der Waals surface area contributed by atoms with Crippen molar-refractivity contribution in [3.8, 4) is 12.1 Å². The van der Waals surface area contributed by atoms with E-state index in [-0.39, 0.29) is 29.8 Å². The van der Waals surface area contributed by atoms with Gasteiger partial charge in [0, 0.05) is 38.3 Å². The topological polar surface area (TPSA) is 172 Å². The molecular weight excluding hydrogens is 560 g/mol. The number of likely N-dealkylation sites (N-methyl/N-ethyl adjacent to an activating group) is 2. The molecule has 1 amide bonds. The number of ether oxygens (including phenoxy) is 1. The van der Waals surface area contributed by atoms with Crippen LogP contribution in [0.2, 0.25) is 5.02 Å². The fourth-order valence-electron chi connectivity index (χ4n) is 5.12. The number of alkyl carbamates (subject to hydrolysis) is 1. The molecule has 1 aromatic carbocycles. The van der Waals surface area contributed by atoms with E-state index in [0.29, 0.717) is 59.5 Å². The molecule has 0 aliphatic carbocycles. The Balaban J connectivity index is 1.70. The molecular formula is C27H35ClN12O2. The van der Waals surface area contributed by atoms with Gasteiger partial charge in [0.15, 0.2) is 17.2 Å². The number of nitrogens with zero attached hydrogens (tertiary/aromatic N) is 8. The van der Waals surface area contributed by atoms with Crippen LogP contribution in [0.25, 0.3) is 5.65 Å². The lowest BCUT2D eigenvalue weighted by molar-refractivity contribution is 0.118. The number of nitriles is 2. The first kappa shape index (κ1) is 30.6. The van der Waals surface area contributed by atoms with Gasteiger partial charge in [-0.3, -0.25) is 4.90 Å². The molecule has 222 valence electrons. The molecule has 0 bridgehead atoms. The van der Waals surface area contributed by atoms with Gasteiger partial charge in [-0.15, -0.1) is 5.10 Å². The van der Waals surface area contributed by atoms with E-state index in [2.05, 4.69) is 65.2 Å². The number of benzene rings is 1. The van der Waals surface area contributed by atoms with Crippen molar-refractivity contribution in [3.05, 3.63) is 34.6 Å². The largest absolute Gasteiger partial charge is 0.453 e. The summed E-state index contributed by atoms with van der Waals surface area (Å²) in [6.45, 7) is 6.52. The highest BCUT2D eigenvalue weighted by Crippen LogP contribution is 2.37. The number of anilines is 4. The van der Waals surface area contributed by atoms with E-state index < -0.39 is 6.09 Å². The molecule has 0 saturated carbocycles. The number of carbonyl (C=O) groups is 1. The Morgan fingerprint density at radius 1 is 1.33 bits per heavy atom. The Bertz CT molecular complexity index is 1510. The first-order chi connectivity index (χ1) is 20.2. The molecule has 1 aliphatic heterocycles. The predicted molar refractivity (Wildman–Crippen MR) is 160 cm³/mol. The minimum absolute atomic E-state index is 0.0709. The van der Waals surface area contributed by atoms with Gasteiger partial charge >= 0.3 is 6.09 Å². The summed E-state index contributed by atoms with van der Waals surface area (Å²) < 4.78 is 6.29. The summed E-state index contributed by atoms with van der Waals surface area (Å²) in [5, 5.41) is 36.7. The molecule has 14 nitrogen and oxygen atoms in total. The van der Waals surface area contributed by atoms with Crippen LogP contribution in [0.5, 0.6) is 0 Å². The molecule has 0 spiro atoms. The maximum Gasteiger partial charge on any atom is 0.407 e. The maximum atomic E-state index is 12.1. The molecule has 42 heavy (non-hydrogen) atoms. The smallest absolute Gasteiger partial charge is 0.407 e. The molecule has 1 aliphatic rings. The molecule has 4 N–H and O–H groups in total. The van der Waals surface area contributed by atoms with Gasteiger partial charge in [-0.2, -0.15) is 20.0 Å². The molecule has 4 rings (SSSR count). The number of hydrogen-bond donors (Lipinski definition) is 4. The van der Waals surface area contributed by atoms with Gasteiger partial charge in [-0.05, 0) is 46.5 Å². The molecule has 2 aromatic heterocycles. The van der Waals surface area contributed by atoms with Gasteiger partial charge < -0.3 is 30.9 Å². The van der Waals surface area contributed by atoms with Crippen molar-refractivity contribution in [1.82, 2.24) is 35.1 Å². The van der Waals surface area contributed by atoms with Crippen LogP contribution < -0.4 is 26.2 Å². The second-order valence-electron chi connectivity index (χ2n) is 10.0. The molecule has 15 heteroatoms. The van der Waals surface area contributed by atoms with Crippen molar-refractivity contribution in [2.45, 2.75) is 38.4 Å². The van der Waals surface area contributed by atoms with Gasteiger partial charge in [-0.1, -0.05) is 11.6 Å². The standard InChI is InChI=1S/C27H35ClN12O2/c1-6-32-24-25-33-14-18(12-30)40(25)37-26(36-24)34-20-9-17(11-29)10-21(23(20)28)39-8-7-19(35-27(41)42-5)22(15-39)38(4)16(2)13-31-3/h9-10,14,16,19,22,31H,6-8,13,15H2,1-5H3,(H,35,41)(H2,32,34,36,37)/t16?,19-,22+/m1/s1. The average molecular weight is 595 g/mol. The fraction of sp³-hybridized carbons (Fsp3) is 0.481. The van der Waals surface area contributed by atoms with Crippen LogP contribution in [-0.2, 0) is 4.74 Å². The first-order valence-electron chi connectivity index (χ1n) is 13.6. The van der Waals surface area contributed by atoms with E-state index in [1.807, 2.05) is 21.0 Å². The van der Waals surface area contributed by atoms with E-state index in [4.69, 9.17) is 16.3 Å². The Morgan fingerprint density at radius 2 is 2.12 bits per heavy atom. The zero-order valence-electron chi connectivity index (χ0n) is 24.3. The number of imidazole rings is 1. The van der Waals surface area contributed by atoms with Crippen LogP contribution in [0.3, 0.4) is 0 Å². The van der Waals surface area contributed by atoms with Crippen molar-refractivity contribution in [2.24, 2.45) is 0 Å². The fourth-order valence-corrected chi connectivity index (χ4v) is 5.40. The van der Waals surface area contributed by atoms with Gasteiger partial charge in [0.2, 0.25) is 5.95 Å². The van der Waals surface area contributed by atoms with Crippen molar-refractivity contribution in [3.63, 3.8) is 0 Å². The molecule has 0 radical (unpaired) electrons. The third kappa shape index (κ3) is 6.41. The summed E-state index contributed by atoms with van der Waals surface area (Å²) in [4.78, 5) is 25.3. The van der Waals surface area contributed by atoms with Crippen molar-refractivity contribution in [2.75, 3.05) is 62.9 Å². The van der Waals surface area contributed by atoms with E-state index in [0.717, 1.165) is 6.54 Å². The van der Waals surface area contributed by atoms with Gasteiger partial charge in [0.25, 0.3) is 0 Å². The molecule has 3 heterocycles. The van der Waals surface area contributed by atoms with Crippen LogP contribution in [0.1, 0.15) is 31.5 Å². The second kappa shape index (κ2) is 13.5. The summed E-state index contributed by atoms with van der Waals surface area (Å²) >= 11 is 6.99. The third-order valence-electron chi connectivity index (χ3n) is 7.38. The van der Waals surface area contributed by atoms with Crippen LogP contribution in [0.4, 0.5) is 27.9 Å². The maximum absolute atomic E-state index is 12.1. The van der Waals surface area contributed by atoms with Gasteiger partial charge in [0.1, 0.15) is 6.07 Å². The quantitative estimate of drug-likeness (QED) is 0.271. The summed E-state index contributed by atoms with van der Waals surface area (Å²) in [6, 6.07) is 7.65. The Morgan fingerprint density at radius 3 is 2.79 bits per heavy atom. The van der Waals surface area contributed by atoms with E-state index in [1.165, 1.54) is 17.8 Å². The Hall–Kier alpha value is -4.37. The van der Waals surface area contributed by atoms with Gasteiger partial charge in [0.05, 0.1) is 47.4 Å². The number of carbonyl (C=O) groups excluding carboxylic acids is 1. The summed E-state index contributed by atoms with van der Waals surface area (Å²) in [5.74, 6) is 0.626. The van der Waals surface area contributed by atoms with E-state index >= 15 is 0 Å². The molecule has 3 atom stereocenters. The van der Waals surface area contributed by atoms with Crippen molar-refractivity contribution < 1.29 is 9.53 Å². The minimum atomic E-state index is -0.476. The predicted octanol–water partition coefficient (Wildman–Crippen LogP) is 2.54. The lowest BCUT2D eigenvalue weighted by atomic mass is 9.96. The summed E-state index contributed by atoms with van der Waals surface area (Å²) in [5.41, 5.74) is 2.17. The van der Waals surface area contributed by atoms with Gasteiger partial charge in [-0.25, -0.2) is 9.78 Å². The molecule has 1 fully saturated rings. The van der Waals surface area contributed by atoms with E-state index in [1.54, 1.807) is 12.1 Å². The number of methoxy groups -OCH3 is 1. The van der Waals surface area contributed by atoms with Crippen LogP contribution in [-0.4, -0.2) is 96.1 Å². The highest BCUT2D eigenvalue weighted by atomic mass is 35.5. The Labute approximate surface area is 249 Å². The number of halogens is 1. The van der Waals surface area contributed by atoms with Crippen LogP contribution in [0.15, 0.2) is 18.3 Å². The number of aromatic nitrogens is 4. The van der Waals surface area contributed by atoms with Crippen LogP contribution >= 0.6 is 11.6 Å². The van der Waals surface area contributed by atoms with Crippen LogP contribution in [0, 0.1) is 22.7 Å². The zero-order chi connectivity index (χ0) is 30.4. The van der Waals surface area contributed by atoms with Crippen molar-refractivity contribution >= 4 is 46.5 Å². The second-order valence-corrected chi connectivity index (χ2v) is 10.4. The highest BCUT2D eigenvalue weighted by molar-refractivity contribution is 6.36. The first-order valence-corrected chi connectivity index (χ1v) is 14.0. The third-order valence-corrected chi connectivity index (χ3v) is 7.78. The summed E-state index contributed by atoms with van der Waals surface area (Å²) in [7, 11) is 5.29. The molecule has 3 aromatic rings. The van der Waals surface area contributed by atoms with Crippen molar-refractivity contribution in [1.29, 1.82) is 10.5 Å². The molecule has 1 saturated heterocycles. The number of fused-ring (bicyclic) bond motifs is 1. The minimum Gasteiger partial charge on any atom is -0.453 e. The lowest BCUT2D eigenvalue weighted by Gasteiger charge is -2.45. The highest BCUT2D eigenvalue weighted by Gasteiger charge is 2.36. The monoisotopic (exact) mass is 594 g/mol. The lowest BCUT2D eigenvalue weighted by Crippen LogP contribution is -2.62. The number of rotatable bonds is 10. The SMILES string of the molecule is CCNc1nc(Nc2cc(C#N)cc(N3CC[C@@H](NC(=O)OC)[C@@H](N(C)C(C)CNC)C3)c2Cl)nn2c(C#N)cnc12.